The Morgan fingerprint density at radius 1 is 1.11 bits per heavy atom. The summed E-state index contributed by atoms with van der Waals surface area (Å²) in [5, 5.41) is 10.7. The summed E-state index contributed by atoms with van der Waals surface area (Å²) in [5.74, 6) is -0.740. The van der Waals surface area contributed by atoms with Crippen LogP contribution in [-0.2, 0) is 0 Å². The first-order chi connectivity index (χ1) is 21.3. The average Bonchev–Trinajstić information content (AvgIpc) is 3.62. The molecule has 3 fully saturated rings. The number of alkyl halides is 1. The third-order valence-corrected chi connectivity index (χ3v) is 10.8. The third kappa shape index (κ3) is 4.91. The Hall–Kier alpha value is -3.33. The molecule has 2 atom stereocenters. The van der Waals surface area contributed by atoms with Gasteiger partial charge in [0.15, 0.2) is 5.82 Å². The van der Waals surface area contributed by atoms with Gasteiger partial charge in [-0.05, 0) is 49.9 Å². The number of hydrogen-bond donors (Lipinski definition) is 1. The van der Waals surface area contributed by atoms with Crippen molar-refractivity contribution in [2.45, 2.75) is 63.1 Å². The highest BCUT2D eigenvalue weighted by Gasteiger charge is 2.49. The molecule has 44 heavy (non-hydrogen) atoms. The van der Waals surface area contributed by atoms with E-state index in [2.05, 4.69) is 14.8 Å². The summed E-state index contributed by atoms with van der Waals surface area (Å²) in [5.41, 5.74) is 5.98. The lowest BCUT2D eigenvalue weighted by Gasteiger charge is -2.31. The number of thiophene rings is 1. The second-order valence-corrected chi connectivity index (χ2v) is 13.6. The van der Waals surface area contributed by atoms with Crippen LogP contribution in [0.2, 0.25) is 5.02 Å². The van der Waals surface area contributed by atoms with Crippen LogP contribution in [0.25, 0.3) is 32.1 Å². The Bertz CT molecular complexity index is 1800. The van der Waals surface area contributed by atoms with Crippen molar-refractivity contribution in [1.29, 1.82) is 5.26 Å². The van der Waals surface area contributed by atoms with Gasteiger partial charge in [-0.25, -0.2) is 13.2 Å². The molecular weight excluding hydrogens is 609 g/mol. The summed E-state index contributed by atoms with van der Waals surface area (Å²) in [6.07, 6.45) is 6.56. The Morgan fingerprint density at radius 3 is 2.66 bits per heavy atom. The molecule has 5 heterocycles. The maximum absolute atomic E-state index is 16.9. The van der Waals surface area contributed by atoms with E-state index in [4.69, 9.17) is 27.1 Å². The summed E-state index contributed by atoms with van der Waals surface area (Å²) in [7, 11) is 0. The highest BCUT2D eigenvalue weighted by atomic mass is 35.5. The number of hydrogen-bond acceptors (Lipinski definition) is 8. The number of halogens is 4. The minimum atomic E-state index is -0.910. The molecular formula is C32H32ClF3N6OS. The first-order valence-electron chi connectivity index (χ1n) is 15.2. The highest BCUT2D eigenvalue weighted by molar-refractivity contribution is 7.23. The number of nitriles is 1. The zero-order chi connectivity index (χ0) is 30.6. The van der Waals surface area contributed by atoms with E-state index in [1.165, 1.54) is 18.6 Å². The predicted molar refractivity (Wildman–Crippen MR) is 168 cm³/mol. The molecule has 0 amide bonds. The van der Waals surface area contributed by atoms with Crippen LogP contribution >= 0.6 is 22.9 Å². The molecule has 12 heteroatoms. The standard InChI is InChI=1S/C32H32ClF3N6OS/c33-22-13-20-27(26(36)25(22)19-7-8-23(35)28-24(19)21(15-37)29(38)44-28)39-31(40-30(20)41-10-4-2-1-3-5-11-41)43-17-32-9-6-12-42(32)16-18(34)14-32/h7-8,13,18H,1-6,9-12,14,16-17,38H2/t18-,32+/m1/s1. The molecule has 2 N–H and O–H groups in total. The van der Waals surface area contributed by atoms with Crippen molar-refractivity contribution < 1.29 is 17.9 Å². The lowest BCUT2D eigenvalue weighted by atomic mass is 9.95. The Labute approximate surface area is 262 Å². The minimum absolute atomic E-state index is 0.00152. The van der Waals surface area contributed by atoms with Crippen LogP contribution in [0.5, 0.6) is 6.01 Å². The van der Waals surface area contributed by atoms with Gasteiger partial charge in [0.1, 0.15) is 41.0 Å². The number of nitrogens with two attached hydrogens (primary N) is 1. The molecule has 230 valence electrons. The van der Waals surface area contributed by atoms with E-state index < -0.39 is 23.3 Å². The summed E-state index contributed by atoms with van der Waals surface area (Å²) in [4.78, 5) is 13.7. The Morgan fingerprint density at radius 2 is 1.89 bits per heavy atom. The van der Waals surface area contributed by atoms with Crippen LogP contribution < -0.4 is 15.4 Å². The molecule has 0 radical (unpaired) electrons. The van der Waals surface area contributed by atoms with Gasteiger partial charge in [0.2, 0.25) is 0 Å². The fraction of sp³-hybridized carbons (Fsp3) is 0.469. The fourth-order valence-electron chi connectivity index (χ4n) is 7.33. The minimum Gasteiger partial charge on any atom is -0.461 e. The fourth-order valence-corrected chi connectivity index (χ4v) is 8.57. The first-order valence-corrected chi connectivity index (χ1v) is 16.4. The van der Waals surface area contributed by atoms with Crippen molar-refractivity contribution in [2.75, 3.05) is 43.4 Å². The number of anilines is 2. The monoisotopic (exact) mass is 640 g/mol. The highest BCUT2D eigenvalue weighted by Crippen LogP contribution is 2.46. The number of nitrogens with zero attached hydrogens (tertiary/aromatic N) is 5. The van der Waals surface area contributed by atoms with Crippen LogP contribution in [0.4, 0.5) is 24.0 Å². The molecule has 0 aliphatic carbocycles. The molecule has 3 aliphatic heterocycles. The van der Waals surface area contributed by atoms with E-state index in [1.807, 2.05) is 6.07 Å². The van der Waals surface area contributed by atoms with Crippen LogP contribution in [-0.4, -0.2) is 59.4 Å². The van der Waals surface area contributed by atoms with Gasteiger partial charge >= 0.3 is 6.01 Å². The Balaban J connectivity index is 1.39. The molecule has 0 saturated carbocycles. The maximum atomic E-state index is 16.9. The smallest absolute Gasteiger partial charge is 0.319 e. The quantitative estimate of drug-likeness (QED) is 0.240. The largest absolute Gasteiger partial charge is 0.461 e. The van der Waals surface area contributed by atoms with Crippen LogP contribution in [0.1, 0.15) is 56.9 Å². The normalized spacial score (nSPS) is 22.7. The maximum Gasteiger partial charge on any atom is 0.319 e. The van der Waals surface area contributed by atoms with E-state index in [0.717, 1.165) is 69.5 Å². The molecule has 3 saturated heterocycles. The van der Waals surface area contributed by atoms with Gasteiger partial charge in [0.05, 0.1) is 20.8 Å². The van der Waals surface area contributed by atoms with E-state index in [-0.39, 0.29) is 54.9 Å². The van der Waals surface area contributed by atoms with Gasteiger partial charge in [0, 0.05) is 42.4 Å². The van der Waals surface area contributed by atoms with Crippen LogP contribution in [0, 0.1) is 23.0 Å². The number of nitrogen functional groups attached to an aromatic ring is 1. The van der Waals surface area contributed by atoms with Crippen LogP contribution in [0.3, 0.4) is 0 Å². The number of fused-ring (bicyclic) bond motifs is 3. The van der Waals surface area contributed by atoms with Crippen molar-refractivity contribution >= 4 is 54.7 Å². The predicted octanol–water partition coefficient (Wildman–Crippen LogP) is 7.62. The summed E-state index contributed by atoms with van der Waals surface area (Å²) in [6, 6.07) is 6.34. The molecule has 7 nitrogen and oxygen atoms in total. The number of rotatable bonds is 5. The van der Waals surface area contributed by atoms with Crippen molar-refractivity contribution in [3.05, 3.63) is 40.4 Å². The van der Waals surface area contributed by atoms with Crippen LogP contribution in [0.15, 0.2) is 18.2 Å². The van der Waals surface area contributed by atoms with Crippen molar-refractivity contribution in [3.8, 4) is 23.2 Å². The molecule has 2 aromatic carbocycles. The average molecular weight is 641 g/mol. The van der Waals surface area contributed by atoms with Gasteiger partial charge in [-0.1, -0.05) is 36.9 Å². The second-order valence-electron chi connectivity index (χ2n) is 12.1. The van der Waals surface area contributed by atoms with E-state index >= 15 is 4.39 Å². The van der Waals surface area contributed by atoms with E-state index in [1.54, 1.807) is 6.07 Å². The zero-order valence-electron chi connectivity index (χ0n) is 24.1. The third-order valence-electron chi connectivity index (χ3n) is 9.43. The van der Waals surface area contributed by atoms with Gasteiger partial charge < -0.3 is 15.4 Å². The molecule has 7 rings (SSSR count). The molecule has 0 bridgehead atoms. The first kappa shape index (κ1) is 29.4. The lowest BCUT2D eigenvalue weighted by molar-refractivity contribution is 0.107. The van der Waals surface area contributed by atoms with Crippen molar-refractivity contribution in [3.63, 3.8) is 0 Å². The summed E-state index contributed by atoms with van der Waals surface area (Å²) < 4.78 is 52.5. The zero-order valence-corrected chi connectivity index (χ0v) is 25.7. The van der Waals surface area contributed by atoms with Crippen molar-refractivity contribution in [1.82, 2.24) is 14.9 Å². The SMILES string of the molecule is N#Cc1c(N)sc2c(F)ccc(-c3c(Cl)cc4c(N5CCCCCCC5)nc(OC[C@@]56CCCN5C[C@H](F)C6)nc4c3F)c12. The summed E-state index contributed by atoms with van der Waals surface area (Å²) >= 11 is 7.76. The van der Waals surface area contributed by atoms with Gasteiger partial charge in [-0.15, -0.1) is 11.3 Å². The number of ether oxygens (including phenoxy) is 1. The molecule has 3 aliphatic rings. The van der Waals surface area contributed by atoms with Gasteiger partial charge in [0.25, 0.3) is 0 Å². The molecule has 0 spiro atoms. The number of aromatic nitrogens is 2. The molecule has 0 unspecified atom stereocenters. The van der Waals surface area contributed by atoms with Crippen molar-refractivity contribution in [2.24, 2.45) is 0 Å². The van der Waals surface area contributed by atoms with Gasteiger partial charge in [-0.2, -0.15) is 15.2 Å². The Kier molecular flexibility index (Phi) is 7.71. The van der Waals surface area contributed by atoms with E-state index in [0.29, 0.717) is 24.2 Å². The van der Waals surface area contributed by atoms with E-state index in [9.17, 15) is 14.0 Å². The molecule has 2 aromatic heterocycles. The topological polar surface area (TPSA) is 91.3 Å². The lowest BCUT2D eigenvalue weighted by Crippen LogP contribution is -2.43. The molecule has 4 aromatic rings. The second kappa shape index (κ2) is 11.5. The number of benzene rings is 2. The van der Waals surface area contributed by atoms with Gasteiger partial charge in [-0.3, -0.25) is 4.90 Å². The summed E-state index contributed by atoms with van der Waals surface area (Å²) in [6.45, 7) is 2.90.